The number of aliphatic hydroxyl groups excluding tert-OH is 1. The molecule has 1 unspecified atom stereocenters. The first kappa shape index (κ1) is 16.7. The fourth-order valence-electron chi connectivity index (χ4n) is 2.44. The zero-order valence-electron chi connectivity index (χ0n) is 12.4. The first-order chi connectivity index (χ1) is 10.4. The number of nitrogens with one attached hydrogen (secondary N) is 2. The summed E-state index contributed by atoms with van der Waals surface area (Å²) in [5.74, 6) is 0. The highest BCUT2D eigenvalue weighted by Gasteiger charge is 2.22. The fraction of sp³-hybridized carbons (Fsp3) is 0.500. The van der Waals surface area contributed by atoms with Gasteiger partial charge in [0.1, 0.15) is 0 Å². The number of aliphatic hydroxyl groups is 1. The number of carbonyl (C=O) groups excluding carboxylic acids is 1. The molecular formula is C14H21N3O4S. The Balaban J connectivity index is 2.04. The van der Waals surface area contributed by atoms with Gasteiger partial charge in [-0.25, -0.2) is 17.9 Å². The van der Waals surface area contributed by atoms with E-state index in [0.29, 0.717) is 25.1 Å². The lowest BCUT2D eigenvalue weighted by atomic mass is 10.1. The zero-order valence-corrected chi connectivity index (χ0v) is 13.3. The van der Waals surface area contributed by atoms with E-state index in [1.165, 1.54) is 13.1 Å². The number of likely N-dealkylation sites (tertiary alicyclic amines) is 1. The van der Waals surface area contributed by atoms with Crippen molar-refractivity contribution in [3.63, 3.8) is 0 Å². The van der Waals surface area contributed by atoms with Crippen LogP contribution < -0.4 is 10.0 Å². The Hall–Kier alpha value is -1.64. The Morgan fingerprint density at radius 3 is 2.82 bits per heavy atom. The van der Waals surface area contributed by atoms with E-state index in [9.17, 15) is 18.3 Å². The Bertz CT molecular complexity index is 633. The van der Waals surface area contributed by atoms with Gasteiger partial charge in [-0.1, -0.05) is 18.2 Å². The predicted molar refractivity (Wildman–Crippen MR) is 81.7 cm³/mol. The average Bonchev–Trinajstić information content (AvgIpc) is 2.52. The highest BCUT2D eigenvalue weighted by molar-refractivity contribution is 7.89. The standard InChI is InChI=1S/C14H21N3O4S/c1-15-22(20,21)13-7-3-2-5-11(13)9-16-14(19)17-8-4-6-12(18)10-17/h2-3,5,7,12,15,18H,4,6,8-10H2,1H3,(H,16,19). The van der Waals surface area contributed by atoms with E-state index in [4.69, 9.17) is 0 Å². The van der Waals surface area contributed by atoms with Crippen LogP contribution in [0, 0.1) is 0 Å². The molecule has 8 heteroatoms. The molecule has 1 heterocycles. The van der Waals surface area contributed by atoms with Crippen molar-refractivity contribution in [3.8, 4) is 0 Å². The third-order valence-electron chi connectivity index (χ3n) is 3.64. The van der Waals surface area contributed by atoms with Crippen molar-refractivity contribution in [1.82, 2.24) is 14.9 Å². The zero-order chi connectivity index (χ0) is 16.2. The van der Waals surface area contributed by atoms with Crippen LogP contribution in [0.4, 0.5) is 4.79 Å². The van der Waals surface area contributed by atoms with Gasteiger partial charge in [0.2, 0.25) is 10.0 Å². The van der Waals surface area contributed by atoms with Crippen LogP contribution in [0.5, 0.6) is 0 Å². The second kappa shape index (κ2) is 7.08. The van der Waals surface area contributed by atoms with Crippen molar-refractivity contribution in [2.75, 3.05) is 20.1 Å². The number of benzene rings is 1. The minimum absolute atomic E-state index is 0.114. The van der Waals surface area contributed by atoms with E-state index in [-0.39, 0.29) is 17.5 Å². The summed E-state index contributed by atoms with van der Waals surface area (Å²) in [5, 5.41) is 12.3. The summed E-state index contributed by atoms with van der Waals surface area (Å²) in [7, 11) is -2.22. The van der Waals surface area contributed by atoms with Crippen LogP contribution in [0.25, 0.3) is 0 Å². The van der Waals surface area contributed by atoms with Crippen molar-refractivity contribution in [1.29, 1.82) is 0 Å². The molecule has 0 radical (unpaired) electrons. The molecule has 1 atom stereocenters. The Morgan fingerprint density at radius 1 is 1.41 bits per heavy atom. The molecule has 22 heavy (non-hydrogen) atoms. The number of piperidine rings is 1. The van der Waals surface area contributed by atoms with Crippen molar-refractivity contribution in [2.45, 2.75) is 30.4 Å². The number of nitrogens with zero attached hydrogens (tertiary/aromatic N) is 1. The SMILES string of the molecule is CNS(=O)(=O)c1ccccc1CNC(=O)N1CCCC(O)C1. The van der Waals surface area contributed by atoms with E-state index in [2.05, 4.69) is 10.0 Å². The van der Waals surface area contributed by atoms with Gasteiger partial charge in [-0.3, -0.25) is 0 Å². The van der Waals surface area contributed by atoms with Crippen LogP contribution in [0.15, 0.2) is 29.2 Å². The van der Waals surface area contributed by atoms with Gasteiger partial charge in [-0.15, -0.1) is 0 Å². The predicted octanol–water partition coefficient (Wildman–Crippen LogP) is 0.261. The number of sulfonamides is 1. The molecule has 1 saturated heterocycles. The van der Waals surface area contributed by atoms with Gasteiger partial charge in [0.15, 0.2) is 0 Å². The molecule has 0 saturated carbocycles. The number of hydrogen-bond acceptors (Lipinski definition) is 4. The molecule has 2 amide bonds. The fourth-order valence-corrected chi connectivity index (χ4v) is 3.41. The Kier molecular flexibility index (Phi) is 5.38. The van der Waals surface area contributed by atoms with Crippen molar-refractivity contribution < 1.29 is 18.3 Å². The number of rotatable bonds is 4. The van der Waals surface area contributed by atoms with Gasteiger partial charge in [0.25, 0.3) is 0 Å². The molecule has 1 fully saturated rings. The van der Waals surface area contributed by atoms with Gasteiger partial charge in [0.05, 0.1) is 11.0 Å². The summed E-state index contributed by atoms with van der Waals surface area (Å²) in [5.41, 5.74) is 0.516. The van der Waals surface area contributed by atoms with Gasteiger partial charge >= 0.3 is 6.03 Å². The quantitative estimate of drug-likeness (QED) is 0.739. The second-order valence-corrected chi connectivity index (χ2v) is 7.07. The van der Waals surface area contributed by atoms with E-state index in [1.807, 2.05) is 0 Å². The number of carbonyl (C=O) groups is 1. The van der Waals surface area contributed by atoms with Crippen LogP contribution in [-0.2, 0) is 16.6 Å². The molecule has 1 aromatic rings. The highest BCUT2D eigenvalue weighted by Crippen LogP contribution is 2.15. The molecule has 3 N–H and O–H groups in total. The third kappa shape index (κ3) is 3.96. The monoisotopic (exact) mass is 327 g/mol. The van der Waals surface area contributed by atoms with Gasteiger partial charge in [-0.05, 0) is 31.5 Å². The number of amides is 2. The maximum atomic E-state index is 12.1. The molecule has 1 aliphatic rings. The summed E-state index contributed by atoms with van der Waals surface area (Å²) in [6, 6.07) is 6.22. The molecule has 2 rings (SSSR count). The largest absolute Gasteiger partial charge is 0.391 e. The van der Waals surface area contributed by atoms with E-state index in [0.717, 1.165) is 6.42 Å². The molecule has 1 aliphatic heterocycles. The normalized spacial score (nSPS) is 19.0. The molecule has 7 nitrogen and oxygen atoms in total. The van der Waals surface area contributed by atoms with E-state index < -0.39 is 16.1 Å². The topological polar surface area (TPSA) is 98.7 Å². The lowest BCUT2D eigenvalue weighted by Gasteiger charge is -2.30. The van der Waals surface area contributed by atoms with E-state index in [1.54, 1.807) is 23.1 Å². The maximum absolute atomic E-state index is 12.1. The van der Waals surface area contributed by atoms with Crippen LogP contribution in [0.1, 0.15) is 18.4 Å². The number of urea groups is 1. The van der Waals surface area contributed by atoms with Gasteiger partial charge in [-0.2, -0.15) is 0 Å². The van der Waals surface area contributed by atoms with Crippen LogP contribution >= 0.6 is 0 Å². The summed E-state index contributed by atoms with van der Waals surface area (Å²) >= 11 is 0. The first-order valence-electron chi connectivity index (χ1n) is 7.16. The summed E-state index contributed by atoms with van der Waals surface area (Å²) < 4.78 is 26.2. The minimum Gasteiger partial charge on any atom is -0.391 e. The molecule has 0 aliphatic carbocycles. The van der Waals surface area contributed by atoms with Crippen molar-refractivity contribution in [3.05, 3.63) is 29.8 Å². The molecule has 0 aromatic heterocycles. The Morgan fingerprint density at radius 2 is 2.14 bits per heavy atom. The third-order valence-corrected chi connectivity index (χ3v) is 5.16. The van der Waals surface area contributed by atoms with Crippen molar-refractivity contribution >= 4 is 16.1 Å². The molecule has 0 bridgehead atoms. The summed E-state index contributed by atoms with van der Waals surface area (Å²) in [4.78, 5) is 13.8. The number of β-amino-alcohol motifs (C(OH)–C–C–N with tert-alkyl or cyclic N) is 1. The van der Waals surface area contributed by atoms with E-state index >= 15 is 0 Å². The van der Waals surface area contributed by atoms with Crippen LogP contribution in [-0.4, -0.2) is 50.7 Å². The smallest absolute Gasteiger partial charge is 0.317 e. The van der Waals surface area contributed by atoms with Gasteiger partial charge in [0, 0.05) is 19.6 Å². The number of hydrogen-bond donors (Lipinski definition) is 3. The average molecular weight is 327 g/mol. The second-order valence-electron chi connectivity index (χ2n) is 5.22. The Labute approximate surface area is 130 Å². The summed E-state index contributed by atoms with van der Waals surface area (Å²) in [6.45, 7) is 1.02. The molecule has 122 valence electrons. The van der Waals surface area contributed by atoms with Crippen LogP contribution in [0.2, 0.25) is 0 Å². The minimum atomic E-state index is -3.57. The summed E-state index contributed by atoms with van der Waals surface area (Å²) in [6.07, 6.45) is 0.975. The molecular weight excluding hydrogens is 306 g/mol. The maximum Gasteiger partial charge on any atom is 0.317 e. The lowest BCUT2D eigenvalue weighted by Crippen LogP contribution is -2.46. The highest BCUT2D eigenvalue weighted by atomic mass is 32.2. The van der Waals surface area contributed by atoms with Gasteiger partial charge < -0.3 is 15.3 Å². The molecule has 0 spiro atoms. The van der Waals surface area contributed by atoms with Crippen molar-refractivity contribution in [2.24, 2.45) is 0 Å². The first-order valence-corrected chi connectivity index (χ1v) is 8.64. The molecule has 1 aromatic carbocycles. The van der Waals surface area contributed by atoms with Crippen LogP contribution in [0.3, 0.4) is 0 Å². The lowest BCUT2D eigenvalue weighted by molar-refractivity contribution is 0.0841.